The number of unbranched alkanes of at least 4 members (excludes halogenated alkanes) is 1. The Morgan fingerprint density at radius 1 is 1.35 bits per heavy atom. The number of fused-ring (bicyclic) bond motifs is 1. The highest BCUT2D eigenvalue weighted by Gasteiger charge is 2.22. The molecule has 0 atom stereocenters. The summed E-state index contributed by atoms with van der Waals surface area (Å²) in [4.78, 5) is 23.6. The monoisotopic (exact) mass is 342 g/mol. The molecule has 0 spiro atoms. The number of hydrogen-bond acceptors (Lipinski definition) is 6. The number of aromatic amines is 1. The third-order valence-electron chi connectivity index (χ3n) is 3.98. The van der Waals surface area contributed by atoms with Crippen LogP contribution in [0, 0.1) is 0 Å². The smallest absolute Gasteiger partial charge is 0.328 e. The molecule has 0 saturated carbocycles. The van der Waals surface area contributed by atoms with Gasteiger partial charge in [-0.1, -0.05) is 13.3 Å². The summed E-state index contributed by atoms with van der Waals surface area (Å²) in [6.45, 7) is 4.42. The van der Waals surface area contributed by atoms with Crippen LogP contribution in [0.1, 0.15) is 38.6 Å². The highest BCUT2D eigenvalue weighted by molar-refractivity contribution is 5.85. The van der Waals surface area contributed by atoms with E-state index in [0.29, 0.717) is 17.8 Å². The van der Waals surface area contributed by atoms with Crippen LogP contribution < -0.4 is 21.5 Å². The number of ether oxygens (including phenoxy) is 1. The van der Waals surface area contributed by atoms with Gasteiger partial charge in [-0.15, -0.1) is 12.4 Å². The number of nitrogens with zero attached hydrogens (tertiary/aromatic N) is 3. The second-order valence-corrected chi connectivity index (χ2v) is 5.57. The number of halogens is 1. The molecule has 1 aliphatic rings. The normalized spacial score (nSPS) is 15.5. The topological polar surface area (TPSA) is 111 Å². The Bertz CT molecular complexity index is 707. The van der Waals surface area contributed by atoms with E-state index in [1.165, 1.54) is 0 Å². The molecule has 23 heavy (non-hydrogen) atoms. The van der Waals surface area contributed by atoms with Crippen molar-refractivity contribution in [3.63, 3.8) is 0 Å². The number of anilines is 1. The predicted molar refractivity (Wildman–Crippen MR) is 91.4 cm³/mol. The van der Waals surface area contributed by atoms with Gasteiger partial charge in [-0.2, -0.15) is 9.97 Å². The fourth-order valence-electron chi connectivity index (χ4n) is 2.78. The van der Waals surface area contributed by atoms with Crippen molar-refractivity contribution in [1.29, 1.82) is 0 Å². The minimum Gasteiger partial charge on any atom is -0.463 e. The highest BCUT2D eigenvalue weighted by Crippen LogP contribution is 2.24. The zero-order valence-electron chi connectivity index (χ0n) is 13.2. The third kappa shape index (κ3) is 3.59. The Labute approximate surface area is 140 Å². The molecule has 0 aromatic carbocycles. The standard InChI is InChI=1S/C14H22N6O2.ClH/c1-2-3-8-22-13-18-11(15)10-12(19-13)20(14(21)17-10)9-4-6-16-7-5-9;/h9,16H,2-8H2,1H3,(H,17,21)(H2,15,18,19);1H. The van der Waals surface area contributed by atoms with Gasteiger partial charge in [-0.3, -0.25) is 4.57 Å². The van der Waals surface area contributed by atoms with Crippen LogP contribution in [0.2, 0.25) is 0 Å². The zero-order valence-corrected chi connectivity index (χ0v) is 14.0. The predicted octanol–water partition coefficient (Wildman–Crippen LogP) is 1.23. The van der Waals surface area contributed by atoms with E-state index < -0.39 is 0 Å². The summed E-state index contributed by atoms with van der Waals surface area (Å²) >= 11 is 0. The van der Waals surface area contributed by atoms with E-state index in [-0.39, 0.29) is 36.0 Å². The Balaban J connectivity index is 0.00000192. The molecule has 0 amide bonds. The molecular weight excluding hydrogens is 320 g/mol. The van der Waals surface area contributed by atoms with Gasteiger partial charge in [0.15, 0.2) is 11.5 Å². The first kappa shape index (κ1) is 17.6. The van der Waals surface area contributed by atoms with Crippen molar-refractivity contribution in [3.05, 3.63) is 10.5 Å². The second-order valence-electron chi connectivity index (χ2n) is 5.57. The van der Waals surface area contributed by atoms with E-state index in [4.69, 9.17) is 10.5 Å². The maximum atomic E-state index is 12.3. The fraction of sp³-hybridized carbons (Fsp3) is 0.643. The number of piperidine rings is 1. The Morgan fingerprint density at radius 2 is 2.09 bits per heavy atom. The molecule has 1 fully saturated rings. The van der Waals surface area contributed by atoms with E-state index in [0.717, 1.165) is 38.8 Å². The van der Waals surface area contributed by atoms with Crippen LogP contribution in [0.5, 0.6) is 6.01 Å². The lowest BCUT2D eigenvalue weighted by Crippen LogP contribution is -2.33. The molecular formula is C14H23ClN6O2. The van der Waals surface area contributed by atoms with Gasteiger partial charge in [0.25, 0.3) is 0 Å². The lowest BCUT2D eigenvalue weighted by Gasteiger charge is -2.23. The largest absolute Gasteiger partial charge is 0.463 e. The van der Waals surface area contributed by atoms with Crippen LogP contribution in [-0.2, 0) is 0 Å². The van der Waals surface area contributed by atoms with Gasteiger partial charge in [0.1, 0.15) is 5.52 Å². The number of H-pyrrole nitrogens is 1. The van der Waals surface area contributed by atoms with Gasteiger partial charge < -0.3 is 20.8 Å². The summed E-state index contributed by atoms with van der Waals surface area (Å²) < 4.78 is 7.24. The van der Waals surface area contributed by atoms with Crippen molar-refractivity contribution in [1.82, 2.24) is 24.8 Å². The molecule has 1 saturated heterocycles. The molecule has 2 aromatic heterocycles. The Kier molecular flexibility index (Phi) is 5.84. The lowest BCUT2D eigenvalue weighted by molar-refractivity contribution is 0.286. The van der Waals surface area contributed by atoms with Gasteiger partial charge in [0, 0.05) is 6.04 Å². The molecule has 0 unspecified atom stereocenters. The van der Waals surface area contributed by atoms with E-state index in [1.54, 1.807) is 4.57 Å². The van der Waals surface area contributed by atoms with Gasteiger partial charge in [-0.25, -0.2) is 4.79 Å². The molecule has 8 nitrogen and oxygen atoms in total. The summed E-state index contributed by atoms with van der Waals surface area (Å²) in [6.07, 6.45) is 3.74. The summed E-state index contributed by atoms with van der Waals surface area (Å²) in [5, 5.41) is 3.29. The molecule has 3 heterocycles. The number of nitrogens with one attached hydrogen (secondary N) is 2. The van der Waals surface area contributed by atoms with E-state index in [1.807, 2.05) is 0 Å². The Morgan fingerprint density at radius 3 is 2.78 bits per heavy atom. The fourth-order valence-corrected chi connectivity index (χ4v) is 2.78. The maximum absolute atomic E-state index is 12.3. The van der Waals surface area contributed by atoms with Crippen LogP contribution in [0.25, 0.3) is 11.2 Å². The molecule has 4 N–H and O–H groups in total. The quantitative estimate of drug-likeness (QED) is 0.705. The zero-order chi connectivity index (χ0) is 15.5. The van der Waals surface area contributed by atoms with Crippen LogP contribution >= 0.6 is 12.4 Å². The van der Waals surface area contributed by atoms with Crippen LogP contribution in [0.15, 0.2) is 4.79 Å². The summed E-state index contributed by atoms with van der Waals surface area (Å²) in [7, 11) is 0. The number of rotatable bonds is 5. The first-order chi connectivity index (χ1) is 10.7. The van der Waals surface area contributed by atoms with E-state index >= 15 is 0 Å². The molecule has 0 aliphatic carbocycles. The summed E-state index contributed by atoms with van der Waals surface area (Å²) in [5.41, 5.74) is 6.79. The van der Waals surface area contributed by atoms with Gasteiger partial charge >= 0.3 is 11.7 Å². The third-order valence-corrected chi connectivity index (χ3v) is 3.98. The second kappa shape index (κ2) is 7.65. The summed E-state index contributed by atoms with van der Waals surface area (Å²) in [5.74, 6) is 0.251. The van der Waals surface area contributed by atoms with Crippen molar-refractivity contribution in [2.75, 3.05) is 25.4 Å². The molecule has 3 rings (SSSR count). The molecule has 0 bridgehead atoms. The van der Waals surface area contributed by atoms with Crippen LogP contribution in [0.4, 0.5) is 5.82 Å². The number of aromatic nitrogens is 4. The number of nitrogens with two attached hydrogens (primary N) is 1. The van der Waals surface area contributed by atoms with Crippen LogP contribution in [-0.4, -0.2) is 39.2 Å². The first-order valence-corrected chi connectivity index (χ1v) is 7.82. The molecule has 0 radical (unpaired) electrons. The molecule has 1 aliphatic heterocycles. The van der Waals surface area contributed by atoms with Crippen molar-refractivity contribution >= 4 is 29.4 Å². The highest BCUT2D eigenvalue weighted by atomic mass is 35.5. The van der Waals surface area contributed by atoms with Crippen molar-refractivity contribution in [3.8, 4) is 6.01 Å². The van der Waals surface area contributed by atoms with E-state index in [9.17, 15) is 4.79 Å². The average molecular weight is 343 g/mol. The minimum atomic E-state index is -0.186. The van der Waals surface area contributed by atoms with Crippen molar-refractivity contribution in [2.24, 2.45) is 0 Å². The maximum Gasteiger partial charge on any atom is 0.328 e. The van der Waals surface area contributed by atoms with Crippen molar-refractivity contribution in [2.45, 2.75) is 38.6 Å². The van der Waals surface area contributed by atoms with E-state index in [2.05, 4.69) is 27.2 Å². The first-order valence-electron chi connectivity index (χ1n) is 7.82. The minimum absolute atomic E-state index is 0. The Hall–Kier alpha value is -1.80. The van der Waals surface area contributed by atoms with Gasteiger partial charge in [0.05, 0.1) is 6.61 Å². The van der Waals surface area contributed by atoms with Gasteiger partial charge in [-0.05, 0) is 32.4 Å². The molecule has 128 valence electrons. The SMILES string of the molecule is CCCCOc1nc(N)c2[nH]c(=O)n(C3CCNCC3)c2n1.Cl. The van der Waals surface area contributed by atoms with Crippen LogP contribution in [0.3, 0.4) is 0 Å². The molecule has 2 aromatic rings. The number of hydrogen-bond donors (Lipinski definition) is 3. The lowest BCUT2D eigenvalue weighted by atomic mass is 10.1. The number of nitrogen functional groups attached to an aromatic ring is 1. The summed E-state index contributed by atoms with van der Waals surface area (Å²) in [6, 6.07) is 0.362. The van der Waals surface area contributed by atoms with Gasteiger partial charge in [0.2, 0.25) is 0 Å². The van der Waals surface area contributed by atoms with Crippen molar-refractivity contribution < 1.29 is 4.74 Å². The number of imidazole rings is 1. The molecule has 9 heteroatoms. The average Bonchev–Trinajstić information content (AvgIpc) is 2.85.